The van der Waals surface area contributed by atoms with Crippen molar-refractivity contribution in [1.29, 1.82) is 0 Å². The molecule has 1 unspecified atom stereocenters. The summed E-state index contributed by atoms with van der Waals surface area (Å²) in [5.41, 5.74) is 0. The lowest BCUT2D eigenvalue weighted by atomic mass is 10.2. The van der Waals surface area contributed by atoms with Gasteiger partial charge in [-0.2, -0.15) is 13.2 Å². The quantitative estimate of drug-likeness (QED) is 0.859. The number of hydrogen-bond acceptors (Lipinski definition) is 4. The molecule has 0 aromatic carbocycles. The first-order valence-electron chi connectivity index (χ1n) is 7.09. The Labute approximate surface area is 122 Å². The maximum absolute atomic E-state index is 12.4. The first kappa shape index (κ1) is 16.3. The van der Waals surface area contributed by atoms with E-state index in [9.17, 15) is 13.2 Å². The lowest BCUT2D eigenvalue weighted by Crippen LogP contribution is -2.46. The van der Waals surface area contributed by atoms with Crippen LogP contribution in [-0.2, 0) is 17.8 Å². The second-order valence-electron chi connectivity index (χ2n) is 5.10. The molecule has 1 aromatic rings. The number of nitrogens with one attached hydrogen (secondary N) is 1. The van der Waals surface area contributed by atoms with Gasteiger partial charge >= 0.3 is 6.18 Å². The zero-order chi connectivity index (χ0) is 15.3. The number of nitrogens with zero attached hydrogens (tertiary/aromatic N) is 3. The van der Waals surface area contributed by atoms with Crippen molar-refractivity contribution in [2.45, 2.75) is 32.3 Å². The van der Waals surface area contributed by atoms with E-state index in [1.807, 2.05) is 0 Å². The molecule has 1 fully saturated rings. The summed E-state index contributed by atoms with van der Waals surface area (Å²) in [6.07, 6.45) is -1.42. The second kappa shape index (κ2) is 7.24. The van der Waals surface area contributed by atoms with Gasteiger partial charge in [-0.05, 0) is 6.54 Å². The van der Waals surface area contributed by atoms with Gasteiger partial charge in [0.1, 0.15) is 12.4 Å². The number of imidazole rings is 1. The molecule has 5 nitrogen and oxygen atoms in total. The topological polar surface area (TPSA) is 42.3 Å². The summed E-state index contributed by atoms with van der Waals surface area (Å²) in [6, 6.07) is 0. The molecule has 1 N–H and O–H groups in total. The Morgan fingerprint density at radius 1 is 1.48 bits per heavy atom. The number of ether oxygens (including phenoxy) is 1. The van der Waals surface area contributed by atoms with Gasteiger partial charge in [-0.15, -0.1) is 0 Å². The van der Waals surface area contributed by atoms with E-state index in [4.69, 9.17) is 4.74 Å². The molecule has 21 heavy (non-hydrogen) atoms. The van der Waals surface area contributed by atoms with Crippen molar-refractivity contribution in [1.82, 2.24) is 19.8 Å². The molecular weight excluding hydrogens is 285 g/mol. The number of aromatic nitrogens is 2. The van der Waals surface area contributed by atoms with Gasteiger partial charge in [0, 0.05) is 32.0 Å². The van der Waals surface area contributed by atoms with Crippen LogP contribution in [0.5, 0.6) is 0 Å². The van der Waals surface area contributed by atoms with E-state index in [1.54, 1.807) is 0 Å². The van der Waals surface area contributed by atoms with Crippen LogP contribution in [0.25, 0.3) is 0 Å². The maximum atomic E-state index is 12.4. The third-order valence-electron chi connectivity index (χ3n) is 3.48. The highest BCUT2D eigenvalue weighted by molar-refractivity contribution is 4.93. The Hall–Kier alpha value is -1.12. The normalized spacial score (nSPS) is 20.9. The Bertz CT molecular complexity index is 435. The summed E-state index contributed by atoms with van der Waals surface area (Å²) >= 11 is 0. The molecule has 1 aliphatic rings. The van der Waals surface area contributed by atoms with Crippen LogP contribution < -0.4 is 5.32 Å². The van der Waals surface area contributed by atoms with Gasteiger partial charge < -0.3 is 14.6 Å². The highest BCUT2D eigenvalue weighted by atomic mass is 19.4. The minimum Gasteiger partial charge on any atom is -0.374 e. The molecular formula is C13H21F3N4O. The van der Waals surface area contributed by atoms with Crippen molar-refractivity contribution in [3.63, 3.8) is 0 Å². The Balaban J connectivity index is 1.77. The number of morpholine rings is 1. The number of alkyl halides is 3. The highest BCUT2D eigenvalue weighted by Gasteiger charge is 2.28. The lowest BCUT2D eigenvalue weighted by Gasteiger charge is -2.32. The summed E-state index contributed by atoms with van der Waals surface area (Å²) in [7, 11) is 0. The van der Waals surface area contributed by atoms with Crippen LogP contribution >= 0.6 is 0 Å². The van der Waals surface area contributed by atoms with Crippen molar-refractivity contribution in [3.8, 4) is 0 Å². The molecule has 0 saturated carbocycles. The number of rotatable bonds is 6. The lowest BCUT2D eigenvalue weighted by molar-refractivity contribution is -0.141. The Kier molecular flexibility index (Phi) is 5.60. The van der Waals surface area contributed by atoms with Crippen LogP contribution in [0.15, 0.2) is 12.4 Å². The van der Waals surface area contributed by atoms with Crippen LogP contribution in [0.4, 0.5) is 13.2 Å². The highest BCUT2D eigenvalue weighted by Crippen LogP contribution is 2.18. The Morgan fingerprint density at radius 2 is 2.29 bits per heavy atom. The number of halogens is 3. The minimum absolute atomic E-state index is 0.0738. The molecule has 1 aliphatic heterocycles. The van der Waals surface area contributed by atoms with Gasteiger partial charge in [0.15, 0.2) is 0 Å². The minimum atomic E-state index is -4.23. The smallest absolute Gasteiger partial charge is 0.374 e. The molecule has 0 amide bonds. The maximum Gasteiger partial charge on any atom is 0.406 e. The van der Waals surface area contributed by atoms with Gasteiger partial charge in [-0.1, -0.05) is 6.92 Å². The zero-order valence-electron chi connectivity index (χ0n) is 12.1. The van der Waals surface area contributed by atoms with Crippen molar-refractivity contribution >= 4 is 0 Å². The molecule has 1 saturated heterocycles. The summed E-state index contributed by atoms with van der Waals surface area (Å²) in [6.45, 7) is 5.46. The first-order chi connectivity index (χ1) is 9.98. The molecule has 2 rings (SSSR count). The van der Waals surface area contributed by atoms with Crippen LogP contribution in [0.3, 0.4) is 0 Å². The molecule has 0 aliphatic carbocycles. The summed E-state index contributed by atoms with van der Waals surface area (Å²) in [4.78, 5) is 6.26. The van der Waals surface area contributed by atoms with Crippen molar-refractivity contribution in [2.75, 3.05) is 32.8 Å². The van der Waals surface area contributed by atoms with Gasteiger partial charge in [-0.25, -0.2) is 4.98 Å². The van der Waals surface area contributed by atoms with Gasteiger partial charge in [0.2, 0.25) is 0 Å². The molecule has 120 valence electrons. The SMILES string of the molecule is CCN1CCOC(CNCc2nccn2CC(F)(F)F)C1. The predicted molar refractivity (Wildman–Crippen MR) is 71.8 cm³/mol. The third kappa shape index (κ3) is 5.29. The summed E-state index contributed by atoms with van der Waals surface area (Å²) < 4.78 is 43.9. The molecule has 1 atom stereocenters. The van der Waals surface area contributed by atoms with E-state index in [1.165, 1.54) is 12.4 Å². The van der Waals surface area contributed by atoms with Crippen molar-refractivity contribution in [3.05, 3.63) is 18.2 Å². The van der Waals surface area contributed by atoms with Crippen molar-refractivity contribution < 1.29 is 17.9 Å². The monoisotopic (exact) mass is 306 g/mol. The van der Waals surface area contributed by atoms with E-state index in [0.29, 0.717) is 25.5 Å². The predicted octanol–water partition coefficient (Wildman–Crippen LogP) is 1.26. The van der Waals surface area contributed by atoms with Crippen LogP contribution in [0.1, 0.15) is 12.7 Å². The molecule has 1 aromatic heterocycles. The first-order valence-corrected chi connectivity index (χ1v) is 7.09. The average Bonchev–Trinajstić information content (AvgIpc) is 2.84. The summed E-state index contributed by atoms with van der Waals surface area (Å²) in [5.74, 6) is 0.385. The molecule has 0 radical (unpaired) electrons. The van der Waals surface area contributed by atoms with Gasteiger partial charge in [-0.3, -0.25) is 4.90 Å². The van der Waals surface area contributed by atoms with Gasteiger partial charge in [0.25, 0.3) is 0 Å². The van der Waals surface area contributed by atoms with Gasteiger partial charge in [0.05, 0.1) is 19.3 Å². The van der Waals surface area contributed by atoms with E-state index in [2.05, 4.69) is 22.1 Å². The van der Waals surface area contributed by atoms with E-state index >= 15 is 0 Å². The van der Waals surface area contributed by atoms with Crippen LogP contribution in [0.2, 0.25) is 0 Å². The van der Waals surface area contributed by atoms with E-state index in [-0.39, 0.29) is 6.10 Å². The largest absolute Gasteiger partial charge is 0.406 e. The Morgan fingerprint density at radius 3 is 3.00 bits per heavy atom. The fraction of sp³-hybridized carbons (Fsp3) is 0.769. The standard InChI is InChI=1S/C13H21F3N4O/c1-2-19-5-6-21-11(9-19)7-17-8-12-18-3-4-20(12)10-13(14,15)16/h3-4,11,17H,2,5-10H2,1H3. The second-order valence-corrected chi connectivity index (χ2v) is 5.10. The van der Waals surface area contributed by atoms with E-state index in [0.717, 1.165) is 24.2 Å². The zero-order valence-corrected chi connectivity index (χ0v) is 12.1. The van der Waals surface area contributed by atoms with E-state index < -0.39 is 12.7 Å². The number of hydrogen-bond donors (Lipinski definition) is 1. The van der Waals surface area contributed by atoms with Crippen LogP contribution in [-0.4, -0.2) is 59.5 Å². The average molecular weight is 306 g/mol. The fourth-order valence-electron chi connectivity index (χ4n) is 2.38. The van der Waals surface area contributed by atoms with Crippen molar-refractivity contribution in [2.24, 2.45) is 0 Å². The summed E-state index contributed by atoms with van der Waals surface area (Å²) in [5, 5.41) is 3.13. The van der Waals surface area contributed by atoms with Crippen LogP contribution in [0, 0.1) is 0 Å². The molecule has 2 heterocycles. The fourth-order valence-corrected chi connectivity index (χ4v) is 2.38. The molecule has 0 bridgehead atoms. The molecule has 8 heteroatoms. The number of likely N-dealkylation sites (N-methyl/N-ethyl adjacent to an activating group) is 1. The third-order valence-corrected chi connectivity index (χ3v) is 3.48. The molecule has 0 spiro atoms.